The van der Waals surface area contributed by atoms with E-state index in [0.29, 0.717) is 0 Å². The van der Waals surface area contributed by atoms with Crippen molar-refractivity contribution in [3.05, 3.63) is 35.6 Å². The van der Waals surface area contributed by atoms with Crippen molar-refractivity contribution in [2.75, 3.05) is 19.7 Å². The molecule has 1 N–H and O–H groups in total. The van der Waals surface area contributed by atoms with Crippen LogP contribution in [0, 0.1) is 11.7 Å². The molecule has 2 rings (SSSR count). The summed E-state index contributed by atoms with van der Waals surface area (Å²) in [5.41, 5.74) is 0.933. The van der Waals surface area contributed by atoms with Gasteiger partial charge in [0.2, 0.25) is 0 Å². The molecule has 0 radical (unpaired) electrons. The van der Waals surface area contributed by atoms with Gasteiger partial charge in [0.25, 0.3) is 0 Å². The van der Waals surface area contributed by atoms with E-state index in [0.717, 1.165) is 44.0 Å². The zero-order valence-corrected chi connectivity index (χ0v) is 12.4. The molecule has 0 spiro atoms. The van der Waals surface area contributed by atoms with Crippen LogP contribution in [0.3, 0.4) is 0 Å². The Morgan fingerprint density at radius 3 is 2.90 bits per heavy atom. The van der Waals surface area contributed by atoms with Gasteiger partial charge in [-0.1, -0.05) is 38.3 Å². The highest BCUT2D eigenvalue weighted by Crippen LogP contribution is 2.30. The maximum atomic E-state index is 13.4. The summed E-state index contributed by atoms with van der Waals surface area (Å²) in [5.74, 6) is 0.664. The highest BCUT2D eigenvalue weighted by molar-refractivity contribution is 5.19. The van der Waals surface area contributed by atoms with Crippen LogP contribution in [-0.2, 0) is 4.74 Å². The molecule has 1 atom stereocenters. The van der Waals surface area contributed by atoms with Crippen molar-refractivity contribution in [2.45, 2.75) is 45.1 Å². The number of halogens is 1. The normalized spacial score (nSPS) is 16.9. The summed E-state index contributed by atoms with van der Waals surface area (Å²) in [6.45, 7) is 4.64. The Kier molecular flexibility index (Phi) is 6.48. The maximum absolute atomic E-state index is 13.4. The van der Waals surface area contributed by atoms with Crippen molar-refractivity contribution in [3.63, 3.8) is 0 Å². The molecule has 112 valence electrons. The van der Waals surface area contributed by atoms with E-state index in [-0.39, 0.29) is 11.9 Å². The number of rotatable bonds is 9. The average Bonchev–Trinajstić information content (AvgIpc) is 2.39. The Hall–Kier alpha value is -0.930. The lowest BCUT2D eigenvalue weighted by molar-refractivity contribution is 0.0371. The summed E-state index contributed by atoms with van der Waals surface area (Å²) in [6, 6.07) is 6.77. The van der Waals surface area contributed by atoms with E-state index < -0.39 is 0 Å². The monoisotopic (exact) mass is 279 g/mol. The summed E-state index contributed by atoms with van der Waals surface area (Å²) in [6.07, 6.45) is 6.26. The molecule has 2 nitrogen and oxygen atoms in total. The quantitative estimate of drug-likeness (QED) is 0.688. The van der Waals surface area contributed by atoms with Gasteiger partial charge in [0.05, 0.1) is 6.10 Å². The Morgan fingerprint density at radius 2 is 2.25 bits per heavy atom. The number of benzene rings is 1. The summed E-state index contributed by atoms with van der Waals surface area (Å²) in [5, 5.41) is 3.37. The van der Waals surface area contributed by atoms with Crippen LogP contribution in [0.1, 0.15) is 50.7 Å². The van der Waals surface area contributed by atoms with Gasteiger partial charge in [-0.3, -0.25) is 0 Å². The lowest BCUT2D eigenvalue weighted by Gasteiger charge is -2.26. The fourth-order valence-corrected chi connectivity index (χ4v) is 2.55. The minimum Gasteiger partial charge on any atom is -0.372 e. The zero-order valence-electron chi connectivity index (χ0n) is 12.4. The lowest BCUT2D eigenvalue weighted by Crippen LogP contribution is -2.25. The largest absolute Gasteiger partial charge is 0.372 e. The lowest BCUT2D eigenvalue weighted by atomic mass is 9.83. The fourth-order valence-electron chi connectivity index (χ4n) is 2.55. The molecule has 0 amide bonds. The predicted molar refractivity (Wildman–Crippen MR) is 80.2 cm³/mol. The van der Waals surface area contributed by atoms with Crippen LogP contribution in [0.2, 0.25) is 0 Å². The molecule has 0 aliphatic heterocycles. The van der Waals surface area contributed by atoms with Crippen LogP contribution >= 0.6 is 0 Å². The topological polar surface area (TPSA) is 21.3 Å². The molecule has 1 aromatic rings. The van der Waals surface area contributed by atoms with Crippen LogP contribution in [0.4, 0.5) is 4.39 Å². The molecule has 3 heteroatoms. The summed E-state index contributed by atoms with van der Waals surface area (Å²) in [7, 11) is 0. The second-order valence-corrected chi connectivity index (χ2v) is 5.70. The summed E-state index contributed by atoms with van der Waals surface area (Å²) < 4.78 is 19.4. The SMILES string of the molecule is CCCNCC(OCCC1CCC1)c1cccc(F)c1. The molecule has 1 unspecified atom stereocenters. The molecule has 20 heavy (non-hydrogen) atoms. The smallest absolute Gasteiger partial charge is 0.123 e. The van der Waals surface area contributed by atoms with E-state index in [9.17, 15) is 4.39 Å². The molecule has 0 aromatic heterocycles. The molecule has 1 aromatic carbocycles. The van der Waals surface area contributed by atoms with Gasteiger partial charge in [-0.05, 0) is 43.0 Å². The number of nitrogens with one attached hydrogen (secondary N) is 1. The fraction of sp³-hybridized carbons (Fsp3) is 0.647. The highest BCUT2D eigenvalue weighted by Gasteiger charge is 2.18. The minimum atomic E-state index is -0.189. The van der Waals surface area contributed by atoms with E-state index >= 15 is 0 Å². The minimum absolute atomic E-state index is 0.0441. The molecular weight excluding hydrogens is 253 g/mol. The first-order valence-electron chi connectivity index (χ1n) is 7.87. The molecular formula is C17H26FNO. The Balaban J connectivity index is 1.85. The first kappa shape index (κ1) is 15.5. The van der Waals surface area contributed by atoms with E-state index in [1.807, 2.05) is 6.07 Å². The first-order chi connectivity index (χ1) is 9.79. The van der Waals surface area contributed by atoms with Gasteiger partial charge >= 0.3 is 0 Å². The van der Waals surface area contributed by atoms with Gasteiger partial charge in [0, 0.05) is 13.2 Å². The van der Waals surface area contributed by atoms with Gasteiger partial charge in [-0.2, -0.15) is 0 Å². The second-order valence-electron chi connectivity index (χ2n) is 5.70. The summed E-state index contributed by atoms with van der Waals surface area (Å²) in [4.78, 5) is 0. The third-order valence-corrected chi connectivity index (χ3v) is 4.05. The number of ether oxygens (including phenoxy) is 1. The van der Waals surface area contributed by atoms with Crippen LogP contribution in [-0.4, -0.2) is 19.7 Å². The van der Waals surface area contributed by atoms with E-state index in [1.165, 1.54) is 25.3 Å². The average molecular weight is 279 g/mol. The second kappa shape index (κ2) is 8.38. The third-order valence-electron chi connectivity index (χ3n) is 4.05. The van der Waals surface area contributed by atoms with Crippen LogP contribution in [0.15, 0.2) is 24.3 Å². The van der Waals surface area contributed by atoms with E-state index in [4.69, 9.17) is 4.74 Å². The Bertz CT molecular complexity index is 392. The predicted octanol–water partition coefficient (Wildman–Crippen LogP) is 4.07. The molecule has 1 aliphatic carbocycles. The van der Waals surface area contributed by atoms with Gasteiger partial charge in [0.15, 0.2) is 0 Å². The molecule has 1 aliphatic rings. The van der Waals surface area contributed by atoms with Gasteiger partial charge in [0.1, 0.15) is 5.82 Å². The van der Waals surface area contributed by atoms with Crippen LogP contribution in [0.5, 0.6) is 0 Å². The maximum Gasteiger partial charge on any atom is 0.123 e. The van der Waals surface area contributed by atoms with Gasteiger partial charge < -0.3 is 10.1 Å². The first-order valence-corrected chi connectivity index (χ1v) is 7.87. The highest BCUT2D eigenvalue weighted by atomic mass is 19.1. The van der Waals surface area contributed by atoms with Crippen molar-refractivity contribution < 1.29 is 9.13 Å². The van der Waals surface area contributed by atoms with Gasteiger partial charge in [-0.15, -0.1) is 0 Å². The van der Waals surface area contributed by atoms with Crippen molar-refractivity contribution >= 4 is 0 Å². The van der Waals surface area contributed by atoms with Crippen molar-refractivity contribution in [1.82, 2.24) is 5.32 Å². The van der Waals surface area contributed by atoms with Gasteiger partial charge in [-0.25, -0.2) is 4.39 Å². The number of hydrogen-bond donors (Lipinski definition) is 1. The molecule has 0 bridgehead atoms. The Morgan fingerprint density at radius 1 is 1.40 bits per heavy atom. The molecule has 0 heterocycles. The molecule has 0 saturated heterocycles. The van der Waals surface area contributed by atoms with Crippen molar-refractivity contribution in [2.24, 2.45) is 5.92 Å². The van der Waals surface area contributed by atoms with Crippen LogP contribution < -0.4 is 5.32 Å². The standard InChI is InChI=1S/C17H26FNO/c1-2-10-19-13-17(15-7-4-8-16(18)12-15)20-11-9-14-5-3-6-14/h4,7-8,12,14,17,19H,2-3,5-6,9-11,13H2,1H3. The molecule has 1 saturated carbocycles. The number of hydrogen-bond acceptors (Lipinski definition) is 2. The summed E-state index contributed by atoms with van der Waals surface area (Å²) >= 11 is 0. The van der Waals surface area contributed by atoms with E-state index in [2.05, 4.69) is 12.2 Å². The van der Waals surface area contributed by atoms with Crippen LogP contribution in [0.25, 0.3) is 0 Å². The third kappa shape index (κ3) is 4.88. The van der Waals surface area contributed by atoms with E-state index in [1.54, 1.807) is 12.1 Å². The Labute approximate surface area is 121 Å². The zero-order chi connectivity index (χ0) is 14.2. The van der Waals surface area contributed by atoms with Crippen molar-refractivity contribution in [3.8, 4) is 0 Å². The molecule has 1 fully saturated rings. The van der Waals surface area contributed by atoms with Crippen molar-refractivity contribution in [1.29, 1.82) is 0 Å².